The molecule has 3 N–H and O–H groups in total. The zero-order chi connectivity index (χ0) is 13.7. The number of hydrogen-bond donors (Lipinski definition) is 2. The highest BCUT2D eigenvalue weighted by molar-refractivity contribution is 5.94. The summed E-state index contributed by atoms with van der Waals surface area (Å²) in [5.41, 5.74) is 5.56. The van der Waals surface area contributed by atoms with Gasteiger partial charge in [-0.05, 0) is 24.3 Å². The molecule has 0 fully saturated rings. The normalized spacial score (nSPS) is 11.1. The first-order chi connectivity index (χ1) is 9.16. The molecule has 0 aromatic heterocycles. The van der Waals surface area contributed by atoms with E-state index >= 15 is 0 Å². The Balaban J connectivity index is 2.32. The van der Waals surface area contributed by atoms with Crippen molar-refractivity contribution in [3.8, 4) is 11.5 Å². The molecule has 0 aliphatic rings. The van der Waals surface area contributed by atoms with Crippen LogP contribution in [0.2, 0.25) is 0 Å². The zero-order valence-electron chi connectivity index (χ0n) is 10.1. The second kappa shape index (κ2) is 5.73. The Morgan fingerprint density at radius 2 is 1.68 bits per heavy atom. The lowest BCUT2D eigenvalue weighted by Gasteiger charge is -2.08. The quantitative estimate of drug-likeness (QED) is 0.651. The maximum atomic E-state index is 10.8. The van der Waals surface area contributed by atoms with Crippen LogP contribution in [0.4, 0.5) is 0 Å². The standard InChI is InChI=1S/C15H13NO3/c16-15(18)13(17)10-11-6-4-5-9-14(11)19-12-7-2-1-3-8-12/h1-10,17H,(H2,16,18). The molecule has 0 aliphatic heterocycles. The minimum absolute atomic E-state index is 0.510. The number of carbonyl (C=O) groups is 1. The molecule has 96 valence electrons. The highest BCUT2D eigenvalue weighted by atomic mass is 16.5. The summed E-state index contributed by atoms with van der Waals surface area (Å²) in [6.07, 6.45) is 1.28. The van der Waals surface area contributed by atoms with Gasteiger partial charge >= 0.3 is 0 Å². The van der Waals surface area contributed by atoms with Crippen molar-refractivity contribution in [3.63, 3.8) is 0 Å². The molecule has 1 amide bonds. The molecule has 2 rings (SSSR count). The number of carbonyl (C=O) groups excluding carboxylic acids is 1. The Morgan fingerprint density at radius 3 is 2.37 bits per heavy atom. The van der Waals surface area contributed by atoms with Crippen molar-refractivity contribution in [1.29, 1.82) is 0 Å². The van der Waals surface area contributed by atoms with Crippen LogP contribution in [0.25, 0.3) is 6.08 Å². The van der Waals surface area contributed by atoms with Gasteiger partial charge in [-0.3, -0.25) is 4.79 Å². The van der Waals surface area contributed by atoms with Crippen LogP contribution in [0.5, 0.6) is 11.5 Å². The van der Waals surface area contributed by atoms with Gasteiger partial charge in [0.1, 0.15) is 11.5 Å². The lowest BCUT2D eigenvalue weighted by Crippen LogP contribution is -2.13. The largest absolute Gasteiger partial charge is 0.503 e. The van der Waals surface area contributed by atoms with Crippen molar-refractivity contribution in [2.45, 2.75) is 0 Å². The molecular formula is C15H13NO3. The summed E-state index contributed by atoms with van der Waals surface area (Å²) in [4.78, 5) is 10.8. The number of para-hydroxylation sites is 2. The van der Waals surface area contributed by atoms with Gasteiger partial charge in [0, 0.05) is 5.56 Å². The molecule has 0 spiro atoms. The zero-order valence-corrected chi connectivity index (χ0v) is 10.1. The lowest BCUT2D eigenvalue weighted by molar-refractivity contribution is -0.116. The third kappa shape index (κ3) is 3.35. The second-order valence-corrected chi connectivity index (χ2v) is 3.85. The second-order valence-electron chi connectivity index (χ2n) is 3.85. The molecule has 0 saturated heterocycles. The Labute approximate surface area is 110 Å². The monoisotopic (exact) mass is 255 g/mol. The van der Waals surface area contributed by atoms with Gasteiger partial charge in [0.2, 0.25) is 0 Å². The van der Waals surface area contributed by atoms with Gasteiger partial charge < -0.3 is 15.6 Å². The third-order valence-corrected chi connectivity index (χ3v) is 2.43. The molecule has 2 aromatic carbocycles. The maximum absolute atomic E-state index is 10.8. The number of ether oxygens (including phenoxy) is 1. The molecule has 4 nitrogen and oxygen atoms in total. The number of nitrogens with two attached hydrogens (primary N) is 1. The van der Waals surface area contributed by atoms with Crippen LogP contribution in [0.1, 0.15) is 5.56 Å². The predicted molar refractivity (Wildman–Crippen MR) is 72.8 cm³/mol. The number of rotatable bonds is 4. The third-order valence-electron chi connectivity index (χ3n) is 2.43. The minimum atomic E-state index is -0.880. The fourth-order valence-electron chi connectivity index (χ4n) is 1.53. The Kier molecular flexibility index (Phi) is 3.83. The van der Waals surface area contributed by atoms with Gasteiger partial charge in [0.25, 0.3) is 5.91 Å². The Morgan fingerprint density at radius 1 is 1.05 bits per heavy atom. The molecule has 0 bridgehead atoms. The molecule has 19 heavy (non-hydrogen) atoms. The Hall–Kier alpha value is -2.75. The molecule has 0 radical (unpaired) electrons. The van der Waals surface area contributed by atoms with E-state index in [-0.39, 0.29) is 0 Å². The summed E-state index contributed by atoms with van der Waals surface area (Å²) < 4.78 is 5.68. The molecule has 0 unspecified atom stereocenters. The van der Waals surface area contributed by atoms with E-state index in [9.17, 15) is 9.90 Å². The van der Waals surface area contributed by atoms with Crippen molar-refractivity contribution >= 4 is 12.0 Å². The minimum Gasteiger partial charge on any atom is -0.503 e. The van der Waals surface area contributed by atoms with Crippen LogP contribution in [0.3, 0.4) is 0 Å². The van der Waals surface area contributed by atoms with Gasteiger partial charge in [0.05, 0.1) is 0 Å². The summed E-state index contributed by atoms with van der Waals surface area (Å²) in [5, 5.41) is 9.40. The summed E-state index contributed by atoms with van der Waals surface area (Å²) >= 11 is 0. The number of aliphatic hydroxyl groups is 1. The highest BCUT2D eigenvalue weighted by Crippen LogP contribution is 2.26. The highest BCUT2D eigenvalue weighted by Gasteiger charge is 2.06. The van der Waals surface area contributed by atoms with E-state index in [2.05, 4.69) is 0 Å². The van der Waals surface area contributed by atoms with E-state index in [0.717, 1.165) is 0 Å². The van der Waals surface area contributed by atoms with Crippen molar-refractivity contribution in [2.24, 2.45) is 5.73 Å². The molecule has 0 saturated carbocycles. The first-order valence-corrected chi connectivity index (χ1v) is 5.69. The number of hydrogen-bond acceptors (Lipinski definition) is 3. The number of primary amides is 1. The van der Waals surface area contributed by atoms with E-state index in [1.165, 1.54) is 6.08 Å². The van der Waals surface area contributed by atoms with Crippen molar-refractivity contribution < 1.29 is 14.6 Å². The number of amides is 1. The van der Waals surface area contributed by atoms with Crippen molar-refractivity contribution in [1.82, 2.24) is 0 Å². The van der Waals surface area contributed by atoms with Crippen LogP contribution in [-0.4, -0.2) is 11.0 Å². The van der Waals surface area contributed by atoms with E-state index in [1.54, 1.807) is 24.3 Å². The van der Waals surface area contributed by atoms with Crippen LogP contribution >= 0.6 is 0 Å². The number of aliphatic hydroxyl groups excluding tert-OH is 1. The molecule has 0 heterocycles. The molecule has 0 atom stereocenters. The average molecular weight is 255 g/mol. The first kappa shape index (κ1) is 12.7. The van der Waals surface area contributed by atoms with Gasteiger partial charge in [0.15, 0.2) is 5.76 Å². The van der Waals surface area contributed by atoms with Crippen molar-refractivity contribution in [2.75, 3.05) is 0 Å². The van der Waals surface area contributed by atoms with E-state index < -0.39 is 11.7 Å². The van der Waals surface area contributed by atoms with E-state index in [0.29, 0.717) is 17.1 Å². The fourth-order valence-corrected chi connectivity index (χ4v) is 1.53. The predicted octanol–water partition coefficient (Wildman–Crippen LogP) is 2.86. The van der Waals surface area contributed by atoms with Gasteiger partial charge in [-0.2, -0.15) is 0 Å². The van der Waals surface area contributed by atoms with E-state index in [4.69, 9.17) is 10.5 Å². The van der Waals surface area contributed by atoms with Gasteiger partial charge in [-0.15, -0.1) is 0 Å². The van der Waals surface area contributed by atoms with Crippen LogP contribution < -0.4 is 10.5 Å². The average Bonchev–Trinajstić information content (AvgIpc) is 2.42. The van der Waals surface area contributed by atoms with Crippen LogP contribution in [0, 0.1) is 0 Å². The molecule has 0 aliphatic carbocycles. The van der Waals surface area contributed by atoms with Crippen LogP contribution in [0.15, 0.2) is 60.4 Å². The van der Waals surface area contributed by atoms with Crippen molar-refractivity contribution in [3.05, 3.63) is 65.9 Å². The smallest absolute Gasteiger partial charge is 0.283 e. The number of benzene rings is 2. The summed E-state index contributed by atoms with van der Waals surface area (Å²) in [5.74, 6) is -0.193. The molecule has 4 heteroatoms. The topological polar surface area (TPSA) is 72.6 Å². The lowest BCUT2D eigenvalue weighted by atomic mass is 10.1. The fraction of sp³-hybridized carbons (Fsp3) is 0. The SMILES string of the molecule is NC(=O)C(O)=Cc1ccccc1Oc1ccccc1. The molecular weight excluding hydrogens is 242 g/mol. The maximum Gasteiger partial charge on any atom is 0.283 e. The summed E-state index contributed by atoms with van der Waals surface area (Å²) in [6.45, 7) is 0. The molecule has 2 aromatic rings. The summed E-state index contributed by atoms with van der Waals surface area (Å²) in [7, 11) is 0. The first-order valence-electron chi connectivity index (χ1n) is 5.69. The van der Waals surface area contributed by atoms with Gasteiger partial charge in [-0.1, -0.05) is 36.4 Å². The Bertz CT molecular complexity index is 606. The summed E-state index contributed by atoms with van der Waals surface area (Å²) in [6, 6.07) is 16.3. The van der Waals surface area contributed by atoms with Gasteiger partial charge in [-0.25, -0.2) is 0 Å². The van der Waals surface area contributed by atoms with E-state index in [1.807, 2.05) is 30.3 Å². The van der Waals surface area contributed by atoms with Crippen LogP contribution in [-0.2, 0) is 4.79 Å².